The van der Waals surface area contributed by atoms with Crippen molar-refractivity contribution in [1.82, 2.24) is 4.90 Å². The summed E-state index contributed by atoms with van der Waals surface area (Å²) in [5.74, 6) is -2.76. The lowest BCUT2D eigenvalue weighted by atomic mass is 9.97. The summed E-state index contributed by atoms with van der Waals surface area (Å²) in [5, 5.41) is 0.509. The highest BCUT2D eigenvalue weighted by Crippen LogP contribution is 2.36. The Hall–Kier alpha value is -0.670. The Balaban J connectivity index is 2.52. The molecular formula is C10H10ClF2N. The highest BCUT2D eigenvalue weighted by Gasteiger charge is 2.38. The summed E-state index contributed by atoms with van der Waals surface area (Å²) >= 11 is 5.75. The molecule has 1 heterocycles. The van der Waals surface area contributed by atoms with E-state index in [1.807, 2.05) is 0 Å². The van der Waals surface area contributed by atoms with Crippen molar-refractivity contribution in [2.75, 3.05) is 13.6 Å². The van der Waals surface area contributed by atoms with E-state index in [0.29, 0.717) is 17.1 Å². The Bertz CT molecular complexity index is 365. The van der Waals surface area contributed by atoms with E-state index >= 15 is 0 Å². The summed E-state index contributed by atoms with van der Waals surface area (Å²) in [6.07, 6.45) is 0. The van der Waals surface area contributed by atoms with Crippen LogP contribution < -0.4 is 0 Å². The smallest absolute Gasteiger partial charge is 0.285 e. The van der Waals surface area contributed by atoms with Gasteiger partial charge in [0.15, 0.2) is 0 Å². The molecule has 0 saturated heterocycles. The van der Waals surface area contributed by atoms with Crippen molar-refractivity contribution in [2.24, 2.45) is 0 Å². The Labute approximate surface area is 86.3 Å². The number of fused-ring (bicyclic) bond motifs is 1. The molecule has 1 aliphatic rings. The molecule has 0 bridgehead atoms. The molecule has 0 radical (unpaired) electrons. The van der Waals surface area contributed by atoms with Crippen LogP contribution in [0.4, 0.5) is 8.78 Å². The van der Waals surface area contributed by atoms with Gasteiger partial charge in [-0.05, 0) is 24.7 Å². The van der Waals surface area contributed by atoms with E-state index in [-0.39, 0.29) is 12.1 Å². The summed E-state index contributed by atoms with van der Waals surface area (Å²) < 4.78 is 27.0. The monoisotopic (exact) mass is 217 g/mol. The summed E-state index contributed by atoms with van der Waals surface area (Å²) in [7, 11) is 1.68. The number of alkyl halides is 2. The van der Waals surface area contributed by atoms with E-state index in [0.717, 1.165) is 0 Å². The van der Waals surface area contributed by atoms with Crippen LogP contribution in [0.25, 0.3) is 0 Å². The van der Waals surface area contributed by atoms with Crippen LogP contribution in [0, 0.1) is 0 Å². The fourth-order valence-corrected chi connectivity index (χ4v) is 2.02. The number of benzene rings is 1. The Morgan fingerprint density at radius 1 is 1.43 bits per heavy atom. The van der Waals surface area contributed by atoms with Crippen LogP contribution in [0.15, 0.2) is 18.2 Å². The second-order valence-electron chi connectivity index (χ2n) is 3.68. The molecule has 1 aromatic carbocycles. The number of halogens is 3. The summed E-state index contributed by atoms with van der Waals surface area (Å²) in [5.41, 5.74) is 0.733. The molecule has 0 atom stereocenters. The van der Waals surface area contributed by atoms with Crippen molar-refractivity contribution in [3.8, 4) is 0 Å². The lowest BCUT2D eigenvalue weighted by Gasteiger charge is -2.31. The average molecular weight is 218 g/mol. The van der Waals surface area contributed by atoms with Gasteiger partial charge in [-0.2, -0.15) is 8.78 Å². The fourth-order valence-electron chi connectivity index (χ4n) is 1.82. The van der Waals surface area contributed by atoms with Gasteiger partial charge in [-0.3, -0.25) is 4.90 Å². The Morgan fingerprint density at radius 2 is 2.14 bits per heavy atom. The van der Waals surface area contributed by atoms with E-state index in [2.05, 4.69) is 0 Å². The van der Waals surface area contributed by atoms with E-state index in [1.54, 1.807) is 18.0 Å². The zero-order valence-corrected chi connectivity index (χ0v) is 8.48. The lowest BCUT2D eigenvalue weighted by molar-refractivity contribution is -0.0454. The third kappa shape index (κ3) is 1.62. The minimum atomic E-state index is -2.76. The first-order valence-electron chi connectivity index (χ1n) is 4.34. The van der Waals surface area contributed by atoms with Crippen LogP contribution in [0.3, 0.4) is 0 Å². The summed E-state index contributed by atoms with van der Waals surface area (Å²) in [6, 6.07) is 4.55. The molecule has 0 aliphatic carbocycles. The third-order valence-electron chi connectivity index (χ3n) is 2.37. The molecule has 76 valence electrons. The molecule has 0 N–H and O–H groups in total. The van der Waals surface area contributed by atoms with Crippen molar-refractivity contribution in [3.05, 3.63) is 34.3 Å². The second kappa shape index (κ2) is 3.17. The second-order valence-corrected chi connectivity index (χ2v) is 4.11. The van der Waals surface area contributed by atoms with Crippen LogP contribution in [-0.4, -0.2) is 18.5 Å². The van der Waals surface area contributed by atoms with Gasteiger partial charge in [-0.25, -0.2) is 0 Å². The summed E-state index contributed by atoms with van der Waals surface area (Å²) in [4.78, 5) is 1.60. The van der Waals surface area contributed by atoms with Gasteiger partial charge in [0.25, 0.3) is 5.92 Å². The van der Waals surface area contributed by atoms with Crippen molar-refractivity contribution in [2.45, 2.75) is 12.5 Å². The molecule has 0 saturated carbocycles. The highest BCUT2D eigenvalue weighted by molar-refractivity contribution is 6.30. The molecule has 0 unspecified atom stereocenters. The largest absolute Gasteiger partial charge is 0.296 e. The molecule has 4 heteroatoms. The van der Waals surface area contributed by atoms with Crippen LogP contribution >= 0.6 is 11.6 Å². The first-order valence-corrected chi connectivity index (χ1v) is 4.72. The van der Waals surface area contributed by atoms with Crippen LogP contribution in [0.2, 0.25) is 5.02 Å². The van der Waals surface area contributed by atoms with Crippen LogP contribution in [0.1, 0.15) is 11.1 Å². The maximum absolute atomic E-state index is 13.5. The summed E-state index contributed by atoms with van der Waals surface area (Å²) in [6.45, 7) is 0.313. The maximum Gasteiger partial charge on any atom is 0.285 e. The molecule has 1 aromatic rings. The number of hydrogen-bond acceptors (Lipinski definition) is 1. The van der Waals surface area contributed by atoms with Gasteiger partial charge >= 0.3 is 0 Å². The maximum atomic E-state index is 13.5. The van der Waals surface area contributed by atoms with Gasteiger partial charge in [0, 0.05) is 17.1 Å². The van der Waals surface area contributed by atoms with Gasteiger partial charge in [0.2, 0.25) is 0 Å². The van der Waals surface area contributed by atoms with Gasteiger partial charge in [0.05, 0.1) is 6.54 Å². The normalized spacial score (nSPS) is 20.6. The standard InChI is InChI=1S/C10H10ClF2N/c1-14-5-7-4-8(11)2-3-9(7)10(12,13)6-14/h2-4H,5-6H2,1H3. The van der Waals surface area contributed by atoms with Gasteiger partial charge in [-0.15, -0.1) is 0 Å². The quantitative estimate of drug-likeness (QED) is 0.646. The topological polar surface area (TPSA) is 3.24 Å². The zero-order valence-electron chi connectivity index (χ0n) is 7.73. The molecule has 1 nitrogen and oxygen atoms in total. The van der Waals surface area contributed by atoms with Crippen LogP contribution in [0.5, 0.6) is 0 Å². The molecule has 2 rings (SSSR count). The van der Waals surface area contributed by atoms with Gasteiger partial charge in [0.1, 0.15) is 0 Å². The minimum Gasteiger partial charge on any atom is -0.296 e. The Morgan fingerprint density at radius 3 is 2.86 bits per heavy atom. The highest BCUT2D eigenvalue weighted by atomic mass is 35.5. The predicted octanol–water partition coefficient (Wildman–Crippen LogP) is 2.88. The van der Waals surface area contributed by atoms with Crippen molar-refractivity contribution < 1.29 is 8.78 Å². The van der Waals surface area contributed by atoms with E-state index in [4.69, 9.17) is 11.6 Å². The molecule has 1 aliphatic heterocycles. The minimum absolute atomic E-state index is 0.111. The number of hydrogen-bond donors (Lipinski definition) is 0. The number of nitrogens with zero attached hydrogens (tertiary/aromatic N) is 1. The lowest BCUT2D eigenvalue weighted by Crippen LogP contribution is -2.38. The molecule has 14 heavy (non-hydrogen) atoms. The number of rotatable bonds is 0. The van der Waals surface area contributed by atoms with Crippen molar-refractivity contribution in [1.29, 1.82) is 0 Å². The van der Waals surface area contributed by atoms with Gasteiger partial charge in [-0.1, -0.05) is 17.7 Å². The number of likely N-dealkylation sites (N-methyl/N-ethyl adjacent to an activating group) is 1. The molecule has 0 amide bonds. The van der Waals surface area contributed by atoms with Crippen molar-refractivity contribution in [3.63, 3.8) is 0 Å². The SMILES string of the molecule is CN1Cc2cc(Cl)ccc2C(F)(F)C1. The van der Waals surface area contributed by atoms with E-state index < -0.39 is 5.92 Å². The first kappa shape index (κ1) is 9.87. The van der Waals surface area contributed by atoms with E-state index in [1.165, 1.54) is 12.1 Å². The Kier molecular flexibility index (Phi) is 2.24. The molecule has 0 spiro atoms. The fraction of sp³-hybridized carbons (Fsp3) is 0.400. The van der Waals surface area contributed by atoms with Crippen LogP contribution in [-0.2, 0) is 12.5 Å². The predicted molar refractivity (Wildman–Crippen MR) is 51.7 cm³/mol. The van der Waals surface area contributed by atoms with Crippen molar-refractivity contribution >= 4 is 11.6 Å². The molecule has 0 fully saturated rings. The van der Waals surface area contributed by atoms with Gasteiger partial charge < -0.3 is 0 Å². The third-order valence-corrected chi connectivity index (χ3v) is 2.61. The molecular weight excluding hydrogens is 208 g/mol. The van der Waals surface area contributed by atoms with E-state index in [9.17, 15) is 8.78 Å². The molecule has 0 aromatic heterocycles. The zero-order chi connectivity index (χ0) is 10.3. The first-order chi connectivity index (χ1) is 6.49. The average Bonchev–Trinajstić information content (AvgIpc) is 2.00.